The minimum Gasteiger partial charge on any atom is -0.353 e. The number of carbonyl (C=O) groups is 1. The molecule has 1 aliphatic rings. The molecule has 0 saturated heterocycles. The number of nitrogens with one attached hydrogen (secondary N) is 1. The molecular weight excluding hydrogens is 320 g/mol. The van der Waals surface area contributed by atoms with E-state index < -0.39 is 5.41 Å². The minimum atomic E-state index is -0.390. The molecule has 24 heavy (non-hydrogen) atoms. The second-order valence-corrected chi connectivity index (χ2v) is 7.13. The highest BCUT2D eigenvalue weighted by molar-refractivity contribution is 6.30. The smallest absolute Gasteiger partial charge is 0.230 e. The van der Waals surface area contributed by atoms with Gasteiger partial charge >= 0.3 is 0 Å². The number of hydrogen-bond donors (Lipinski definition) is 1. The molecule has 0 spiro atoms. The van der Waals surface area contributed by atoms with E-state index in [9.17, 15) is 4.79 Å². The summed E-state index contributed by atoms with van der Waals surface area (Å²) in [4.78, 5) is 15.0. The van der Waals surface area contributed by atoms with Crippen molar-refractivity contribution in [2.75, 3.05) is 20.6 Å². The van der Waals surface area contributed by atoms with Crippen LogP contribution in [0, 0.1) is 0 Å². The number of likely N-dealkylation sites (N-methyl/N-ethyl adjacent to an activating group) is 1. The average Bonchev–Trinajstić information content (AvgIpc) is 3.37. The Morgan fingerprint density at radius 3 is 2.46 bits per heavy atom. The zero-order chi connectivity index (χ0) is 17.2. The van der Waals surface area contributed by atoms with Crippen molar-refractivity contribution in [2.24, 2.45) is 0 Å². The van der Waals surface area contributed by atoms with Crippen molar-refractivity contribution in [3.63, 3.8) is 0 Å². The zero-order valence-electron chi connectivity index (χ0n) is 14.1. The zero-order valence-corrected chi connectivity index (χ0v) is 14.9. The number of halogens is 1. The normalized spacial score (nSPS) is 16.7. The Kier molecular flexibility index (Phi) is 4.93. The van der Waals surface area contributed by atoms with Crippen molar-refractivity contribution in [3.05, 3.63) is 70.7 Å². The highest BCUT2D eigenvalue weighted by Crippen LogP contribution is 2.48. The molecule has 1 atom stereocenters. The number of hydrogen-bond acceptors (Lipinski definition) is 2. The SMILES string of the molecule is CN(C)C(CNC(=O)C1(c2cccc(Cl)c2)CC1)c1ccccc1. The second kappa shape index (κ2) is 6.96. The summed E-state index contributed by atoms with van der Waals surface area (Å²) in [5, 5.41) is 3.84. The van der Waals surface area contributed by atoms with Crippen molar-refractivity contribution in [1.82, 2.24) is 10.2 Å². The van der Waals surface area contributed by atoms with Crippen LogP contribution in [0.5, 0.6) is 0 Å². The van der Waals surface area contributed by atoms with E-state index in [-0.39, 0.29) is 11.9 Å². The van der Waals surface area contributed by atoms with Crippen LogP contribution in [0.1, 0.15) is 30.0 Å². The van der Waals surface area contributed by atoms with Crippen molar-refractivity contribution in [2.45, 2.75) is 24.3 Å². The molecule has 126 valence electrons. The summed E-state index contributed by atoms with van der Waals surface area (Å²) in [5.74, 6) is 0.104. The molecule has 1 unspecified atom stereocenters. The molecule has 1 N–H and O–H groups in total. The summed E-state index contributed by atoms with van der Waals surface area (Å²) < 4.78 is 0. The Labute approximate surface area is 148 Å². The Bertz CT molecular complexity index is 711. The van der Waals surface area contributed by atoms with E-state index >= 15 is 0 Å². The largest absolute Gasteiger partial charge is 0.353 e. The summed E-state index contributed by atoms with van der Waals surface area (Å²) in [5.41, 5.74) is 1.84. The fraction of sp³-hybridized carbons (Fsp3) is 0.350. The molecule has 0 aliphatic heterocycles. The van der Waals surface area contributed by atoms with Crippen LogP contribution >= 0.6 is 11.6 Å². The van der Waals surface area contributed by atoms with Crippen LogP contribution < -0.4 is 5.32 Å². The Balaban J connectivity index is 1.70. The van der Waals surface area contributed by atoms with Gasteiger partial charge in [0.25, 0.3) is 0 Å². The Morgan fingerprint density at radius 1 is 1.17 bits per heavy atom. The molecule has 0 radical (unpaired) electrons. The van der Waals surface area contributed by atoms with Gasteiger partial charge in [0.15, 0.2) is 0 Å². The molecule has 3 rings (SSSR count). The minimum absolute atomic E-state index is 0.104. The first-order valence-electron chi connectivity index (χ1n) is 8.29. The molecule has 0 bridgehead atoms. The number of rotatable bonds is 6. The molecule has 2 aromatic rings. The average molecular weight is 343 g/mol. The molecule has 3 nitrogen and oxygen atoms in total. The highest BCUT2D eigenvalue weighted by Gasteiger charge is 2.51. The van der Waals surface area contributed by atoms with E-state index in [1.807, 2.05) is 56.6 Å². The summed E-state index contributed by atoms with van der Waals surface area (Å²) >= 11 is 6.09. The van der Waals surface area contributed by atoms with Gasteiger partial charge in [-0.1, -0.05) is 54.1 Å². The van der Waals surface area contributed by atoms with Gasteiger partial charge in [-0.25, -0.2) is 0 Å². The molecule has 1 saturated carbocycles. The first-order valence-corrected chi connectivity index (χ1v) is 8.66. The van der Waals surface area contributed by atoms with E-state index in [0.29, 0.717) is 11.6 Å². The quantitative estimate of drug-likeness (QED) is 0.866. The van der Waals surface area contributed by atoms with Crippen molar-refractivity contribution >= 4 is 17.5 Å². The first kappa shape index (κ1) is 17.0. The van der Waals surface area contributed by atoms with Crippen molar-refractivity contribution in [1.29, 1.82) is 0 Å². The third-order valence-corrected chi connectivity index (χ3v) is 5.06. The first-order chi connectivity index (χ1) is 11.5. The summed E-state index contributed by atoms with van der Waals surface area (Å²) in [6.07, 6.45) is 1.77. The maximum Gasteiger partial charge on any atom is 0.230 e. The second-order valence-electron chi connectivity index (χ2n) is 6.69. The van der Waals surface area contributed by atoms with Crippen molar-refractivity contribution < 1.29 is 4.79 Å². The lowest BCUT2D eigenvalue weighted by Gasteiger charge is -2.26. The molecule has 2 aromatic carbocycles. The fourth-order valence-electron chi connectivity index (χ4n) is 3.19. The van der Waals surface area contributed by atoms with Gasteiger partial charge in [-0.3, -0.25) is 4.79 Å². The molecule has 0 aromatic heterocycles. The third kappa shape index (κ3) is 3.47. The molecule has 4 heteroatoms. The maximum absolute atomic E-state index is 12.8. The molecular formula is C20H23ClN2O. The van der Waals surface area contributed by atoms with Crippen LogP contribution in [0.2, 0.25) is 5.02 Å². The van der Waals surface area contributed by atoms with Crippen LogP contribution in [-0.4, -0.2) is 31.4 Å². The van der Waals surface area contributed by atoms with Crippen LogP contribution in [0.15, 0.2) is 54.6 Å². The predicted molar refractivity (Wildman–Crippen MR) is 98.2 cm³/mol. The van der Waals surface area contributed by atoms with Crippen LogP contribution in [-0.2, 0) is 10.2 Å². The Morgan fingerprint density at radius 2 is 1.88 bits per heavy atom. The lowest BCUT2D eigenvalue weighted by atomic mass is 9.94. The van der Waals surface area contributed by atoms with Gasteiger partial charge in [0.2, 0.25) is 5.91 Å². The number of benzene rings is 2. The van der Waals surface area contributed by atoms with Crippen LogP contribution in [0.25, 0.3) is 0 Å². The number of amides is 1. The van der Waals surface area contributed by atoms with Gasteiger partial charge < -0.3 is 10.2 Å². The van der Waals surface area contributed by atoms with E-state index in [1.165, 1.54) is 5.56 Å². The van der Waals surface area contributed by atoms with E-state index in [1.54, 1.807) is 0 Å². The topological polar surface area (TPSA) is 32.3 Å². The Hall–Kier alpha value is -1.84. The lowest BCUT2D eigenvalue weighted by Crippen LogP contribution is -2.40. The fourth-order valence-corrected chi connectivity index (χ4v) is 3.38. The molecule has 1 aliphatic carbocycles. The van der Waals surface area contributed by atoms with Gasteiger partial charge in [0.05, 0.1) is 11.5 Å². The van der Waals surface area contributed by atoms with E-state index in [4.69, 9.17) is 11.6 Å². The number of nitrogens with zero attached hydrogens (tertiary/aromatic N) is 1. The van der Waals surface area contributed by atoms with Crippen LogP contribution in [0.3, 0.4) is 0 Å². The lowest BCUT2D eigenvalue weighted by molar-refractivity contribution is -0.123. The number of carbonyl (C=O) groups excluding carboxylic acids is 1. The van der Waals surface area contributed by atoms with E-state index in [0.717, 1.165) is 18.4 Å². The monoisotopic (exact) mass is 342 g/mol. The van der Waals surface area contributed by atoms with Gasteiger partial charge in [0.1, 0.15) is 0 Å². The summed E-state index contributed by atoms with van der Waals surface area (Å²) in [6.45, 7) is 0.595. The summed E-state index contributed by atoms with van der Waals surface area (Å²) in [6, 6.07) is 18.1. The molecule has 0 heterocycles. The molecule has 1 fully saturated rings. The summed E-state index contributed by atoms with van der Waals surface area (Å²) in [7, 11) is 4.07. The maximum atomic E-state index is 12.8. The predicted octanol–water partition coefficient (Wildman–Crippen LogP) is 3.79. The standard InChI is InChI=1S/C20H23ClN2O/c1-23(2)18(15-7-4-3-5-8-15)14-22-19(24)20(11-12-20)16-9-6-10-17(21)13-16/h3-10,13,18H,11-12,14H2,1-2H3,(H,22,24). The van der Waals surface area contributed by atoms with Gasteiger partial charge in [-0.15, -0.1) is 0 Å². The van der Waals surface area contributed by atoms with Gasteiger partial charge in [-0.2, -0.15) is 0 Å². The third-order valence-electron chi connectivity index (χ3n) is 4.83. The van der Waals surface area contributed by atoms with Crippen LogP contribution in [0.4, 0.5) is 0 Å². The van der Waals surface area contributed by atoms with Gasteiger partial charge in [-0.05, 0) is 50.2 Å². The highest BCUT2D eigenvalue weighted by atomic mass is 35.5. The van der Waals surface area contributed by atoms with Gasteiger partial charge in [0, 0.05) is 11.6 Å². The van der Waals surface area contributed by atoms with Crippen molar-refractivity contribution in [3.8, 4) is 0 Å². The molecule has 1 amide bonds. The van der Waals surface area contributed by atoms with E-state index in [2.05, 4.69) is 22.3 Å².